The molecule has 2 unspecified atom stereocenters. The van der Waals surface area contributed by atoms with Gasteiger partial charge in [-0.1, -0.05) is 17.7 Å². The number of hydrogen-bond acceptors (Lipinski definition) is 7. The minimum Gasteiger partial charge on any atom is -0.383 e. The fourth-order valence-corrected chi connectivity index (χ4v) is 3.17. The highest BCUT2D eigenvalue weighted by molar-refractivity contribution is 6.31. The number of amides is 2. The molecule has 1 aliphatic heterocycles. The highest BCUT2D eigenvalue weighted by Crippen LogP contribution is 2.15. The predicted molar refractivity (Wildman–Crippen MR) is 118 cm³/mol. The molecule has 3 rings (SSSR count). The summed E-state index contributed by atoms with van der Waals surface area (Å²) in [7, 11) is 1.53. The lowest BCUT2D eigenvalue weighted by molar-refractivity contribution is -0.384. The average molecular weight is 461 g/mol. The van der Waals surface area contributed by atoms with Crippen molar-refractivity contribution in [3.63, 3.8) is 0 Å². The summed E-state index contributed by atoms with van der Waals surface area (Å²) in [5.74, 6) is -0.737. The molecule has 0 aromatic heterocycles. The van der Waals surface area contributed by atoms with Gasteiger partial charge in [0.1, 0.15) is 0 Å². The van der Waals surface area contributed by atoms with Gasteiger partial charge < -0.3 is 15.4 Å². The van der Waals surface area contributed by atoms with Crippen LogP contribution < -0.4 is 21.3 Å². The van der Waals surface area contributed by atoms with Gasteiger partial charge >= 0.3 is 0 Å². The summed E-state index contributed by atoms with van der Waals surface area (Å²) in [5, 5.41) is 22.7. The van der Waals surface area contributed by atoms with Crippen LogP contribution in [0.2, 0.25) is 5.02 Å². The summed E-state index contributed by atoms with van der Waals surface area (Å²) >= 11 is 6.03. The molecule has 32 heavy (non-hydrogen) atoms. The molecule has 4 N–H and O–H groups in total. The second kappa shape index (κ2) is 10.7. The molecule has 1 saturated heterocycles. The van der Waals surface area contributed by atoms with E-state index in [2.05, 4.69) is 26.3 Å². The van der Waals surface area contributed by atoms with E-state index in [4.69, 9.17) is 16.3 Å². The molecule has 2 amide bonds. The molecule has 2 atom stereocenters. The maximum absolute atomic E-state index is 12.7. The molecule has 11 nitrogen and oxygen atoms in total. The van der Waals surface area contributed by atoms with Crippen molar-refractivity contribution < 1.29 is 19.2 Å². The zero-order valence-electron chi connectivity index (χ0n) is 17.0. The maximum atomic E-state index is 12.7. The predicted octanol–water partition coefficient (Wildman–Crippen LogP) is 1.85. The van der Waals surface area contributed by atoms with Crippen molar-refractivity contribution in [3.05, 3.63) is 69.2 Å². The fourth-order valence-electron chi connectivity index (χ4n) is 2.98. The third kappa shape index (κ3) is 6.48. The molecule has 0 aliphatic carbocycles. The quantitative estimate of drug-likeness (QED) is 0.222. The summed E-state index contributed by atoms with van der Waals surface area (Å²) in [6.45, 7) is 0.311. The number of halogens is 1. The molecule has 2 aromatic carbocycles. The Hall–Kier alpha value is -3.54. The molecule has 0 saturated carbocycles. The number of rotatable bonds is 6. The number of nitro benzene ring substituents is 1. The van der Waals surface area contributed by atoms with Gasteiger partial charge in [-0.25, -0.2) is 4.99 Å². The summed E-state index contributed by atoms with van der Waals surface area (Å²) in [4.78, 5) is 39.4. The maximum Gasteiger partial charge on any atom is 0.269 e. The number of carbonyl (C=O) groups excluding carboxylic acids is 2. The first-order valence-electron chi connectivity index (χ1n) is 9.54. The molecular formula is C20H21ClN6O5. The van der Waals surface area contributed by atoms with Crippen LogP contribution in [0.5, 0.6) is 0 Å². The Labute approximate surface area is 188 Å². The van der Waals surface area contributed by atoms with Crippen LogP contribution in [-0.4, -0.2) is 48.7 Å². The highest BCUT2D eigenvalue weighted by Gasteiger charge is 2.26. The lowest BCUT2D eigenvalue weighted by atomic mass is 10.2. The van der Waals surface area contributed by atoms with E-state index in [0.29, 0.717) is 17.3 Å². The lowest BCUT2D eigenvalue weighted by Gasteiger charge is -2.29. The van der Waals surface area contributed by atoms with Gasteiger partial charge in [0.2, 0.25) is 11.9 Å². The largest absolute Gasteiger partial charge is 0.383 e. The fraction of sp³-hybridized carbons (Fsp3) is 0.250. The zero-order valence-corrected chi connectivity index (χ0v) is 17.8. The Morgan fingerprint density at radius 3 is 2.72 bits per heavy atom. The van der Waals surface area contributed by atoms with Crippen LogP contribution >= 0.6 is 11.6 Å². The Morgan fingerprint density at radius 1 is 1.31 bits per heavy atom. The van der Waals surface area contributed by atoms with E-state index < -0.39 is 17.1 Å². The van der Waals surface area contributed by atoms with Gasteiger partial charge in [0.05, 0.1) is 11.5 Å². The second-order valence-corrected chi connectivity index (χ2v) is 7.30. The van der Waals surface area contributed by atoms with E-state index in [9.17, 15) is 19.7 Å². The van der Waals surface area contributed by atoms with Crippen molar-refractivity contribution in [2.45, 2.75) is 18.8 Å². The number of nitro groups is 1. The molecular weight excluding hydrogens is 440 g/mol. The first kappa shape index (κ1) is 23.1. The van der Waals surface area contributed by atoms with Crippen LogP contribution in [0.15, 0.2) is 53.5 Å². The number of aliphatic imine (C=N–C) groups is 1. The molecule has 168 valence electrons. The van der Waals surface area contributed by atoms with Crippen LogP contribution in [0.4, 0.5) is 11.4 Å². The molecule has 0 radical (unpaired) electrons. The van der Waals surface area contributed by atoms with Crippen LogP contribution in [-0.2, 0) is 9.53 Å². The van der Waals surface area contributed by atoms with Gasteiger partial charge in [0, 0.05) is 48.0 Å². The standard InChI is InChI=1S/C20H21ClN6O5/c1-32-11-15-10-17(28)24-19(23-15)26-20(22-14-4-2-3-13(21)9-14)25-18(29)12-5-7-16(8-6-12)27(30)31/h2-9,15,19,23H,10-11H2,1H3,(H,24,28)(H2,22,25,26,29). The number of non-ortho nitro benzene ring substituents is 1. The van der Waals surface area contributed by atoms with Crippen molar-refractivity contribution in [2.75, 3.05) is 19.0 Å². The molecule has 0 bridgehead atoms. The lowest BCUT2D eigenvalue weighted by Crippen LogP contribution is -2.57. The zero-order chi connectivity index (χ0) is 23.1. The van der Waals surface area contributed by atoms with E-state index in [1.807, 2.05) is 0 Å². The molecule has 2 aromatic rings. The third-order valence-corrected chi connectivity index (χ3v) is 4.64. The molecule has 1 heterocycles. The average Bonchev–Trinajstić information content (AvgIpc) is 2.73. The number of anilines is 1. The van der Waals surface area contributed by atoms with Crippen molar-refractivity contribution in [1.82, 2.24) is 16.0 Å². The number of ether oxygens (including phenoxy) is 1. The van der Waals surface area contributed by atoms with Gasteiger partial charge in [-0.2, -0.15) is 0 Å². The van der Waals surface area contributed by atoms with Gasteiger partial charge in [0.15, 0.2) is 6.29 Å². The Morgan fingerprint density at radius 2 is 2.06 bits per heavy atom. The number of nitrogens with one attached hydrogen (secondary N) is 4. The van der Waals surface area contributed by atoms with E-state index in [-0.39, 0.29) is 35.6 Å². The highest BCUT2D eigenvalue weighted by atomic mass is 35.5. The van der Waals surface area contributed by atoms with Crippen LogP contribution in [0, 0.1) is 10.1 Å². The van der Waals surface area contributed by atoms with Gasteiger partial charge in [-0.15, -0.1) is 0 Å². The molecule has 1 aliphatic rings. The topological polar surface area (TPSA) is 147 Å². The SMILES string of the molecule is COCC1CC(=O)NC(/N=C(\NC(=O)c2ccc([N+](=O)[O-])cc2)Nc2cccc(Cl)c2)N1. The van der Waals surface area contributed by atoms with Crippen LogP contribution in [0.25, 0.3) is 0 Å². The van der Waals surface area contributed by atoms with E-state index in [0.717, 1.165) is 0 Å². The third-order valence-electron chi connectivity index (χ3n) is 4.41. The molecule has 0 spiro atoms. The number of methoxy groups -OCH3 is 1. The normalized spacial score (nSPS) is 18.6. The van der Waals surface area contributed by atoms with Crippen LogP contribution in [0.3, 0.4) is 0 Å². The van der Waals surface area contributed by atoms with Gasteiger partial charge in [-0.05, 0) is 30.3 Å². The van der Waals surface area contributed by atoms with E-state index in [1.54, 1.807) is 24.3 Å². The van der Waals surface area contributed by atoms with Crippen molar-refractivity contribution >= 4 is 40.7 Å². The summed E-state index contributed by atoms with van der Waals surface area (Å²) in [6.07, 6.45) is -0.596. The first-order chi connectivity index (χ1) is 15.3. The minimum atomic E-state index is -0.824. The number of carbonyl (C=O) groups is 2. The van der Waals surface area contributed by atoms with E-state index >= 15 is 0 Å². The smallest absolute Gasteiger partial charge is 0.269 e. The van der Waals surface area contributed by atoms with Crippen molar-refractivity contribution in [2.24, 2.45) is 4.99 Å². The first-order valence-corrected chi connectivity index (χ1v) is 9.92. The minimum absolute atomic E-state index is 0.0338. The number of guanidine groups is 1. The van der Waals surface area contributed by atoms with Gasteiger partial charge in [-0.3, -0.25) is 30.3 Å². The Balaban J connectivity index is 1.82. The number of benzene rings is 2. The number of nitrogens with zero attached hydrogens (tertiary/aromatic N) is 2. The van der Waals surface area contributed by atoms with E-state index in [1.165, 1.54) is 31.4 Å². The van der Waals surface area contributed by atoms with Gasteiger partial charge in [0.25, 0.3) is 11.6 Å². The van der Waals surface area contributed by atoms with Crippen molar-refractivity contribution in [1.29, 1.82) is 0 Å². The Bertz CT molecular complexity index is 1030. The van der Waals surface area contributed by atoms with Crippen LogP contribution in [0.1, 0.15) is 16.8 Å². The monoisotopic (exact) mass is 460 g/mol. The molecule has 12 heteroatoms. The summed E-state index contributed by atoms with van der Waals surface area (Å²) in [5.41, 5.74) is 0.607. The summed E-state index contributed by atoms with van der Waals surface area (Å²) < 4.78 is 5.10. The van der Waals surface area contributed by atoms with Crippen molar-refractivity contribution in [3.8, 4) is 0 Å². The number of hydrogen-bond donors (Lipinski definition) is 4. The Kier molecular flexibility index (Phi) is 7.71. The molecule has 1 fully saturated rings. The summed E-state index contributed by atoms with van der Waals surface area (Å²) in [6, 6.07) is 11.6. The second-order valence-electron chi connectivity index (χ2n) is 6.86.